The van der Waals surface area contributed by atoms with Crippen LogP contribution in [0.15, 0.2) is 42.5 Å². The third-order valence-corrected chi connectivity index (χ3v) is 2.58. The topological polar surface area (TPSA) is 57.5 Å². The number of benzene rings is 2. The number of phenols is 1. The minimum atomic E-state index is -1.01. The van der Waals surface area contributed by atoms with Gasteiger partial charge in [0, 0.05) is 11.1 Å². The first-order chi connectivity index (χ1) is 8.58. The van der Waals surface area contributed by atoms with Crippen molar-refractivity contribution >= 4 is 5.97 Å². The standard InChI is InChI=1S/C14H11FO3/c15-12-7-9(8-14(17)18)5-6-10(12)11-3-1-2-4-13(11)16/h1-7,16H,8H2,(H,17,18). The highest BCUT2D eigenvalue weighted by molar-refractivity contribution is 5.73. The lowest BCUT2D eigenvalue weighted by atomic mass is 10.0. The van der Waals surface area contributed by atoms with Crippen molar-refractivity contribution in [2.45, 2.75) is 6.42 Å². The fraction of sp³-hybridized carbons (Fsp3) is 0.0714. The molecule has 0 aliphatic carbocycles. The van der Waals surface area contributed by atoms with Crippen molar-refractivity contribution in [3.8, 4) is 16.9 Å². The summed E-state index contributed by atoms with van der Waals surface area (Å²) in [6, 6.07) is 10.6. The highest BCUT2D eigenvalue weighted by atomic mass is 19.1. The average molecular weight is 246 g/mol. The smallest absolute Gasteiger partial charge is 0.307 e. The van der Waals surface area contributed by atoms with E-state index in [1.54, 1.807) is 24.3 Å². The molecule has 3 nitrogen and oxygen atoms in total. The predicted molar refractivity (Wildman–Crippen MR) is 64.8 cm³/mol. The number of carboxylic acids is 1. The van der Waals surface area contributed by atoms with Crippen molar-refractivity contribution in [3.63, 3.8) is 0 Å². The van der Waals surface area contributed by atoms with Gasteiger partial charge in [-0.3, -0.25) is 4.79 Å². The second kappa shape index (κ2) is 4.87. The largest absolute Gasteiger partial charge is 0.507 e. The highest BCUT2D eigenvalue weighted by Gasteiger charge is 2.10. The first-order valence-electron chi connectivity index (χ1n) is 5.36. The minimum Gasteiger partial charge on any atom is -0.507 e. The number of halogens is 1. The van der Waals surface area contributed by atoms with Crippen LogP contribution in [0.5, 0.6) is 5.75 Å². The van der Waals surface area contributed by atoms with Crippen LogP contribution in [0.25, 0.3) is 11.1 Å². The molecule has 0 fully saturated rings. The van der Waals surface area contributed by atoms with E-state index in [4.69, 9.17) is 5.11 Å². The summed E-state index contributed by atoms with van der Waals surface area (Å²) in [5.74, 6) is -1.57. The molecule has 0 atom stereocenters. The summed E-state index contributed by atoms with van der Waals surface area (Å²) in [5, 5.41) is 18.3. The van der Waals surface area contributed by atoms with Crippen molar-refractivity contribution < 1.29 is 19.4 Å². The molecule has 2 N–H and O–H groups in total. The van der Waals surface area contributed by atoms with E-state index < -0.39 is 11.8 Å². The molecule has 0 aromatic heterocycles. The molecule has 0 aliphatic heterocycles. The molecular formula is C14H11FO3. The van der Waals surface area contributed by atoms with Gasteiger partial charge >= 0.3 is 5.97 Å². The summed E-state index contributed by atoms with van der Waals surface area (Å²) >= 11 is 0. The van der Waals surface area contributed by atoms with Crippen LogP contribution in [0.4, 0.5) is 4.39 Å². The number of carboxylic acid groups (broad SMARTS) is 1. The van der Waals surface area contributed by atoms with Crippen LogP contribution in [-0.4, -0.2) is 16.2 Å². The maximum Gasteiger partial charge on any atom is 0.307 e. The maximum atomic E-state index is 13.9. The SMILES string of the molecule is O=C(O)Cc1ccc(-c2ccccc2O)c(F)c1. The zero-order valence-corrected chi connectivity index (χ0v) is 9.43. The lowest BCUT2D eigenvalue weighted by Crippen LogP contribution is -2.00. The lowest BCUT2D eigenvalue weighted by Gasteiger charge is -2.07. The zero-order chi connectivity index (χ0) is 13.1. The molecule has 18 heavy (non-hydrogen) atoms. The molecule has 0 spiro atoms. The van der Waals surface area contributed by atoms with Gasteiger partial charge in [0.05, 0.1) is 6.42 Å². The van der Waals surface area contributed by atoms with E-state index in [2.05, 4.69) is 0 Å². The van der Waals surface area contributed by atoms with Gasteiger partial charge in [-0.2, -0.15) is 0 Å². The molecule has 0 bridgehead atoms. The fourth-order valence-corrected chi connectivity index (χ4v) is 1.76. The molecule has 0 amide bonds. The predicted octanol–water partition coefficient (Wildman–Crippen LogP) is 2.83. The summed E-state index contributed by atoms with van der Waals surface area (Å²) in [6.45, 7) is 0. The second-order valence-electron chi connectivity index (χ2n) is 3.90. The molecule has 2 rings (SSSR count). The van der Waals surface area contributed by atoms with Gasteiger partial charge in [0.1, 0.15) is 11.6 Å². The van der Waals surface area contributed by atoms with E-state index in [0.717, 1.165) is 0 Å². The quantitative estimate of drug-likeness (QED) is 0.875. The average Bonchev–Trinajstić information content (AvgIpc) is 2.30. The Morgan fingerprint density at radius 2 is 1.83 bits per heavy atom. The molecule has 2 aromatic rings. The Kier molecular flexibility index (Phi) is 3.28. The zero-order valence-electron chi connectivity index (χ0n) is 9.43. The third-order valence-electron chi connectivity index (χ3n) is 2.58. The van der Waals surface area contributed by atoms with Gasteiger partial charge in [0.2, 0.25) is 0 Å². The Hall–Kier alpha value is -2.36. The Balaban J connectivity index is 2.42. The van der Waals surface area contributed by atoms with Gasteiger partial charge < -0.3 is 10.2 Å². The van der Waals surface area contributed by atoms with Gasteiger partial charge in [-0.1, -0.05) is 30.3 Å². The lowest BCUT2D eigenvalue weighted by molar-refractivity contribution is -0.136. The molecule has 0 heterocycles. The molecule has 0 saturated heterocycles. The number of hydrogen-bond donors (Lipinski definition) is 2. The summed E-state index contributed by atoms with van der Waals surface area (Å²) in [5.41, 5.74) is 1.03. The van der Waals surface area contributed by atoms with E-state index in [1.165, 1.54) is 18.2 Å². The van der Waals surface area contributed by atoms with Crippen LogP contribution in [0.3, 0.4) is 0 Å². The summed E-state index contributed by atoms with van der Waals surface area (Å²) in [7, 11) is 0. The van der Waals surface area contributed by atoms with Crippen LogP contribution < -0.4 is 0 Å². The monoisotopic (exact) mass is 246 g/mol. The van der Waals surface area contributed by atoms with Crippen molar-refractivity contribution in [2.75, 3.05) is 0 Å². The van der Waals surface area contributed by atoms with Crippen molar-refractivity contribution in [1.29, 1.82) is 0 Å². The summed E-state index contributed by atoms with van der Waals surface area (Å²) in [4.78, 5) is 10.5. The van der Waals surface area contributed by atoms with Crippen molar-refractivity contribution in [2.24, 2.45) is 0 Å². The van der Waals surface area contributed by atoms with Crippen LogP contribution in [-0.2, 0) is 11.2 Å². The molecule has 0 unspecified atom stereocenters. The molecule has 4 heteroatoms. The maximum absolute atomic E-state index is 13.9. The minimum absolute atomic E-state index is 0.0117. The van der Waals surface area contributed by atoms with Crippen LogP contribution in [0, 0.1) is 5.82 Å². The van der Waals surface area contributed by atoms with Gasteiger partial charge in [0.15, 0.2) is 0 Å². The Morgan fingerprint density at radius 1 is 1.11 bits per heavy atom. The molecule has 92 valence electrons. The van der Waals surface area contributed by atoms with Gasteiger partial charge in [-0.15, -0.1) is 0 Å². The van der Waals surface area contributed by atoms with Crippen LogP contribution in [0.2, 0.25) is 0 Å². The number of phenolic OH excluding ortho intramolecular Hbond substituents is 1. The van der Waals surface area contributed by atoms with Gasteiger partial charge in [0.25, 0.3) is 0 Å². The number of rotatable bonds is 3. The number of aromatic hydroxyl groups is 1. The van der Waals surface area contributed by atoms with Crippen molar-refractivity contribution in [1.82, 2.24) is 0 Å². The summed E-state index contributed by atoms with van der Waals surface area (Å²) in [6.07, 6.45) is -0.224. The van der Waals surface area contributed by atoms with E-state index >= 15 is 0 Å². The number of carbonyl (C=O) groups is 1. The number of aliphatic carboxylic acids is 1. The van der Waals surface area contributed by atoms with E-state index in [9.17, 15) is 14.3 Å². The number of hydrogen-bond acceptors (Lipinski definition) is 2. The first kappa shape index (κ1) is 12.1. The van der Waals surface area contributed by atoms with Gasteiger partial charge in [-0.25, -0.2) is 4.39 Å². The van der Waals surface area contributed by atoms with E-state index in [-0.39, 0.29) is 17.7 Å². The third kappa shape index (κ3) is 2.48. The molecule has 0 radical (unpaired) electrons. The summed E-state index contributed by atoms with van der Waals surface area (Å²) < 4.78 is 13.9. The van der Waals surface area contributed by atoms with Crippen LogP contribution >= 0.6 is 0 Å². The van der Waals surface area contributed by atoms with Crippen molar-refractivity contribution in [3.05, 3.63) is 53.8 Å². The second-order valence-corrected chi connectivity index (χ2v) is 3.90. The highest BCUT2D eigenvalue weighted by Crippen LogP contribution is 2.30. The van der Waals surface area contributed by atoms with E-state index in [0.29, 0.717) is 11.1 Å². The first-order valence-corrected chi connectivity index (χ1v) is 5.36. The van der Waals surface area contributed by atoms with E-state index in [1.807, 2.05) is 0 Å². The normalized spacial score (nSPS) is 10.3. The Morgan fingerprint density at radius 3 is 2.44 bits per heavy atom. The Labute approximate surface area is 103 Å². The molecular weight excluding hydrogens is 235 g/mol. The molecule has 0 aliphatic rings. The fourth-order valence-electron chi connectivity index (χ4n) is 1.76. The van der Waals surface area contributed by atoms with Crippen LogP contribution in [0.1, 0.15) is 5.56 Å². The Bertz CT molecular complexity index is 593. The molecule has 0 saturated carbocycles. The molecule has 2 aromatic carbocycles. The number of para-hydroxylation sites is 1. The van der Waals surface area contributed by atoms with Gasteiger partial charge in [-0.05, 0) is 17.7 Å².